The van der Waals surface area contributed by atoms with Crippen molar-refractivity contribution in [2.45, 2.75) is 6.04 Å². The van der Waals surface area contributed by atoms with E-state index in [1.165, 1.54) is 12.1 Å². The van der Waals surface area contributed by atoms with E-state index in [1.807, 2.05) is 12.1 Å². The van der Waals surface area contributed by atoms with Crippen LogP contribution in [-0.2, 0) is 0 Å². The molecule has 0 bridgehead atoms. The predicted octanol–water partition coefficient (Wildman–Crippen LogP) is 2.85. The van der Waals surface area contributed by atoms with Gasteiger partial charge in [0.25, 0.3) is 0 Å². The molecule has 7 heteroatoms. The standard InChI is InChI=1S/C21H27FN2O4/c1-25-17-6-5-15(22)13-16(17)20(24-9-7-23-8-10-24)14-11-18(26-2)21(28-4)19(12-14)27-3/h5-6,11-13,20,23H,7-10H2,1-4H3. The first-order valence-corrected chi connectivity index (χ1v) is 9.21. The molecule has 0 saturated carbocycles. The highest BCUT2D eigenvalue weighted by atomic mass is 19.1. The Kier molecular flexibility index (Phi) is 6.59. The molecule has 0 radical (unpaired) electrons. The summed E-state index contributed by atoms with van der Waals surface area (Å²) >= 11 is 0. The predicted molar refractivity (Wildman–Crippen MR) is 105 cm³/mol. The monoisotopic (exact) mass is 390 g/mol. The lowest BCUT2D eigenvalue weighted by molar-refractivity contribution is 0.194. The Morgan fingerprint density at radius 3 is 2.00 bits per heavy atom. The molecule has 3 rings (SSSR count). The van der Waals surface area contributed by atoms with Crippen LogP contribution in [0.25, 0.3) is 0 Å². The van der Waals surface area contributed by atoms with Crippen molar-refractivity contribution >= 4 is 0 Å². The Bertz CT molecular complexity index is 784. The Labute approximate surface area is 165 Å². The second kappa shape index (κ2) is 9.12. The maximum atomic E-state index is 14.2. The largest absolute Gasteiger partial charge is 0.496 e. The first kappa shape index (κ1) is 20.2. The Balaban J connectivity index is 2.19. The van der Waals surface area contributed by atoms with Crippen molar-refractivity contribution in [3.8, 4) is 23.0 Å². The van der Waals surface area contributed by atoms with Crippen molar-refractivity contribution in [3.05, 3.63) is 47.3 Å². The summed E-state index contributed by atoms with van der Waals surface area (Å²) in [5.41, 5.74) is 1.68. The number of rotatable bonds is 7. The van der Waals surface area contributed by atoms with Gasteiger partial charge in [0.15, 0.2) is 11.5 Å². The average Bonchev–Trinajstić information content (AvgIpc) is 2.74. The van der Waals surface area contributed by atoms with Crippen LogP contribution in [0.4, 0.5) is 4.39 Å². The fraction of sp³-hybridized carbons (Fsp3) is 0.429. The fourth-order valence-corrected chi connectivity index (χ4v) is 3.71. The van der Waals surface area contributed by atoms with Gasteiger partial charge in [-0.1, -0.05) is 0 Å². The van der Waals surface area contributed by atoms with Gasteiger partial charge in [0, 0.05) is 31.7 Å². The minimum atomic E-state index is -0.302. The van der Waals surface area contributed by atoms with E-state index in [0.717, 1.165) is 37.3 Å². The SMILES string of the molecule is COc1ccc(F)cc1C(c1cc(OC)c(OC)c(OC)c1)N1CCNCC1. The van der Waals surface area contributed by atoms with Gasteiger partial charge in [0.1, 0.15) is 11.6 Å². The number of methoxy groups -OCH3 is 4. The van der Waals surface area contributed by atoms with Crippen LogP contribution < -0.4 is 24.3 Å². The van der Waals surface area contributed by atoms with Crippen LogP contribution in [0.1, 0.15) is 17.2 Å². The summed E-state index contributed by atoms with van der Waals surface area (Å²) in [5, 5.41) is 3.36. The summed E-state index contributed by atoms with van der Waals surface area (Å²) in [6.45, 7) is 3.36. The zero-order valence-electron chi connectivity index (χ0n) is 16.8. The van der Waals surface area contributed by atoms with Crippen molar-refractivity contribution in [2.75, 3.05) is 54.6 Å². The van der Waals surface area contributed by atoms with Crippen LogP contribution in [0.5, 0.6) is 23.0 Å². The minimum absolute atomic E-state index is 0.221. The number of hydrogen-bond acceptors (Lipinski definition) is 6. The molecule has 152 valence electrons. The number of piperazine rings is 1. The molecule has 1 fully saturated rings. The third-order valence-electron chi connectivity index (χ3n) is 5.01. The molecule has 1 atom stereocenters. The van der Waals surface area contributed by atoms with Gasteiger partial charge in [-0.3, -0.25) is 4.90 Å². The molecule has 2 aromatic rings. The summed E-state index contributed by atoms with van der Waals surface area (Å²) < 4.78 is 36.2. The normalized spacial score (nSPS) is 15.8. The van der Waals surface area contributed by atoms with E-state index in [9.17, 15) is 4.39 Å². The molecule has 0 amide bonds. The van der Waals surface area contributed by atoms with Gasteiger partial charge in [-0.2, -0.15) is 0 Å². The van der Waals surface area contributed by atoms with Gasteiger partial charge in [-0.05, 0) is 35.9 Å². The van der Waals surface area contributed by atoms with Gasteiger partial charge in [0.05, 0.1) is 34.5 Å². The zero-order chi connectivity index (χ0) is 20.1. The Morgan fingerprint density at radius 1 is 0.857 bits per heavy atom. The molecule has 2 aromatic carbocycles. The molecule has 1 unspecified atom stereocenters. The summed E-state index contributed by atoms with van der Waals surface area (Å²) in [5.74, 6) is 1.99. The van der Waals surface area contributed by atoms with Gasteiger partial charge in [-0.25, -0.2) is 4.39 Å². The molecular weight excluding hydrogens is 363 g/mol. The highest BCUT2D eigenvalue weighted by Gasteiger charge is 2.29. The van der Waals surface area contributed by atoms with Gasteiger partial charge < -0.3 is 24.3 Å². The number of nitrogens with one attached hydrogen (secondary N) is 1. The Hall–Kier alpha value is -2.51. The summed E-state index contributed by atoms with van der Waals surface area (Å²) in [4.78, 5) is 2.30. The molecule has 28 heavy (non-hydrogen) atoms. The zero-order valence-corrected chi connectivity index (χ0v) is 16.8. The second-order valence-corrected chi connectivity index (χ2v) is 6.53. The number of hydrogen-bond donors (Lipinski definition) is 1. The molecule has 1 N–H and O–H groups in total. The first-order valence-electron chi connectivity index (χ1n) is 9.21. The maximum Gasteiger partial charge on any atom is 0.203 e. The van der Waals surface area contributed by atoms with Crippen LogP contribution >= 0.6 is 0 Å². The number of benzene rings is 2. The fourth-order valence-electron chi connectivity index (χ4n) is 3.71. The van der Waals surface area contributed by atoms with Crippen molar-refractivity contribution in [2.24, 2.45) is 0 Å². The molecule has 6 nitrogen and oxygen atoms in total. The lowest BCUT2D eigenvalue weighted by Crippen LogP contribution is -2.45. The Morgan fingerprint density at radius 2 is 1.46 bits per heavy atom. The third-order valence-corrected chi connectivity index (χ3v) is 5.01. The van der Waals surface area contributed by atoms with Gasteiger partial charge >= 0.3 is 0 Å². The van der Waals surface area contributed by atoms with Crippen molar-refractivity contribution < 1.29 is 23.3 Å². The van der Waals surface area contributed by atoms with E-state index in [0.29, 0.717) is 23.0 Å². The van der Waals surface area contributed by atoms with E-state index >= 15 is 0 Å². The molecule has 1 saturated heterocycles. The van der Waals surface area contributed by atoms with E-state index in [2.05, 4.69) is 10.2 Å². The molecule has 1 aliphatic rings. The second-order valence-electron chi connectivity index (χ2n) is 6.53. The molecule has 0 aliphatic carbocycles. The molecule has 0 spiro atoms. The maximum absolute atomic E-state index is 14.2. The van der Waals surface area contributed by atoms with Crippen LogP contribution in [0.2, 0.25) is 0 Å². The van der Waals surface area contributed by atoms with Crippen molar-refractivity contribution in [1.82, 2.24) is 10.2 Å². The van der Waals surface area contributed by atoms with E-state index in [-0.39, 0.29) is 11.9 Å². The third kappa shape index (κ3) is 4.00. The lowest BCUT2D eigenvalue weighted by atomic mass is 9.94. The van der Waals surface area contributed by atoms with Crippen molar-refractivity contribution in [3.63, 3.8) is 0 Å². The molecule has 1 aliphatic heterocycles. The number of nitrogens with zero attached hydrogens (tertiary/aromatic N) is 1. The van der Waals surface area contributed by atoms with Crippen molar-refractivity contribution in [1.29, 1.82) is 0 Å². The summed E-state index contributed by atoms with van der Waals surface area (Å²) in [6, 6.07) is 8.22. The average molecular weight is 390 g/mol. The quantitative estimate of drug-likeness (QED) is 0.785. The first-order chi connectivity index (χ1) is 13.6. The van der Waals surface area contributed by atoms with E-state index in [4.69, 9.17) is 18.9 Å². The molecule has 1 heterocycles. The van der Waals surface area contributed by atoms with E-state index < -0.39 is 0 Å². The van der Waals surface area contributed by atoms with Crippen LogP contribution in [-0.4, -0.2) is 59.5 Å². The summed E-state index contributed by atoms with van der Waals surface area (Å²) in [7, 11) is 6.34. The minimum Gasteiger partial charge on any atom is -0.496 e. The number of ether oxygens (including phenoxy) is 4. The molecular formula is C21H27FN2O4. The smallest absolute Gasteiger partial charge is 0.203 e. The molecule has 0 aromatic heterocycles. The van der Waals surface area contributed by atoms with Gasteiger partial charge in [-0.15, -0.1) is 0 Å². The van der Waals surface area contributed by atoms with Crippen LogP contribution in [0, 0.1) is 5.82 Å². The van der Waals surface area contributed by atoms with E-state index in [1.54, 1.807) is 34.5 Å². The highest BCUT2D eigenvalue weighted by Crippen LogP contribution is 2.43. The van der Waals surface area contributed by atoms with Crippen LogP contribution in [0.3, 0.4) is 0 Å². The van der Waals surface area contributed by atoms with Gasteiger partial charge in [0.2, 0.25) is 5.75 Å². The lowest BCUT2D eigenvalue weighted by Gasteiger charge is -2.36. The number of halogens is 1. The highest BCUT2D eigenvalue weighted by molar-refractivity contribution is 5.56. The topological polar surface area (TPSA) is 52.2 Å². The van der Waals surface area contributed by atoms with Crippen LogP contribution in [0.15, 0.2) is 30.3 Å². The summed E-state index contributed by atoms with van der Waals surface area (Å²) in [6.07, 6.45) is 0.